The molecule has 2 atom stereocenters. The van der Waals surface area contributed by atoms with Crippen molar-refractivity contribution in [2.45, 2.75) is 57.8 Å². The van der Waals surface area contributed by atoms with Gasteiger partial charge in [-0.15, -0.1) is 0 Å². The molecule has 2 aromatic carbocycles. The zero-order chi connectivity index (χ0) is 29.6. The fourth-order valence-corrected chi connectivity index (χ4v) is 5.45. The Bertz CT molecular complexity index is 1630. The first-order chi connectivity index (χ1) is 20.1. The van der Waals surface area contributed by atoms with Crippen LogP contribution < -0.4 is 4.74 Å². The standard InChI is InChI=1S/C30H28F4N4O4/c1-17-27-19(12-23(30(32,33)34)28(36-27)42-16-18-2-5-21(31)6-3-18)8-10-37(17)15-26-35-24-7-4-20(29(39)40)13-25(24)38(26)14-22-9-11-41-22/h2-7,12-13,17,22H,8-11,14-16H2,1H3,(H,39,40)/t17-,22-/m0/s1. The summed E-state index contributed by atoms with van der Waals surface area (Å²) < 4.78 is 68.4. The van der Waals surface area contributed by atoms with Gasteiger partial charge in [-0.25, -0.2) is 19.2 Å². The fraction of sp³-hybridized carbons (Fsp3) is 0.367. The lowest BCUT2D eigenvalue weighted by molar-refractivity contribution is -0.139. The van der Waals surface area contributed by atoms with Crippen molar-refractivity contribution in [2.24, 2.45) is 0 Å². The van der Waals surface area contributed by atoms with Gasteiger partial charge in [0.25, 0.3) is 0 Å². The number of carboxylic acid groups (broad SMARTS) is 1. The van der Waals surface area contributed by atoms with Crippen LogP contribution in [0.5, 0.6) is 5.88 Å². The lowest BCUT2D eigenvalue weighted by atomic mass is 9.97. The van der Waals surface area contributed by atoms with Crippen molar-refractivity contribution in [2.75, 3.05) is 13.2 Å². The maximum Gasteiger partial charge on any atom is 0.421 e. The maximum absolute atomic E-state index is 14.0. The van der Waals surface area contributed by atoms with E-state index in [-0.39, 0.29) is 24.3 Å². The Morgan fingerprint density at radius 2 is 1.90 bits per heavy atom. The van der Waals surface area contributed by atoms with Crippen molar-refractivity contribution in [1.82, 2.24) is 19.4 Å². The van der Waals surface area contributed by atoms with E-state index in [2.05, 4.69) is 9.88 Å². The van der Waals surface area contributed by atoms with E-state index in [1.807, 2.05) is 11.5 Å². The van der Waals surface area contributed by atoms with Crippen molar-refractivity contribution < 1.29 is 36.9 Å². The smallest absolute Gasteiger partial charge is 0.421 e. The average Bonchev–Trinajstić information content (AvgIpc) is 3.27. The molecule has 2 aliphatic rings. The molecule has 1 N–H and O–H groups in total. The lowest BCUT2D eigenvalue weighted by Gasteiger charge is -2.35. The third-order valence-corrected chi connectivity index (χ3v) is 7.90. The summed E-state index contributed by atoms with van der Waals surface area (Å²) in [6.45, 7) is 3.73. The molecule has 0 unspecified atom stereocenters. The number of benzene rings is 2. The predicted molar refractivity (Wildman–Crippen MR) is 144 cm³/mol. The van der Waals surface area contributed by atoms with Crippen LogP contribution in [0.25, 0.3) is 11.0 Å². The minimum absolute atomic E-state index is 0.00240. The van der Waals surface area contributed by atoms with Crippen LogP contribution in [-0.4, -0.2) is 49.8 Å². The highest BCUT2D eigenvalue weighted by Gasteiger charge is 2.38. The monoisotopic (exact) mass is 584 g/mol. The third kappa shape index (κ3) is 5.56. The SMILES string of the molecule is C[C@H]1c2nc(OCc3ccc(F)cc3)c(C(F)(F)F)cc2CCN1Cc1nc2ccc(C(=O)O)cc2n1C[C@@H]1CCO1. The number of carboxylic acids is 1. The molecular formula is C30H28F4N4O4. The summed E-state index contributed by atoms with van der Waals surface area (Å²) in [7, 11) is 0. The van der Waals surface area contributed by atoms with Crippen molar-refractivity contribution >= 4 is 17.0 Å². The molecule has 0 amide bonds. The summed E-state index contributed by atoms with van der Waals surface area (Å²) >= 11 is 0. The zero-order valence-electron chi connectivity index (χ0n) is 22.7. The number of nitrogens with zero attached hydrogens (tertiary/aromatic N) is 4. The molecule has 220 valence electrons. The van der Waals surface area contributed by atoms with Gasteiger partial charge in [0.15, 0.2) is 0 Å². The number of rotatable bonds is 8. The Balaban J connectivity index is 1.30. The van der Waals surface area contributed by atoms with Crippen LogP contribution in [0.1, 0.15) is 58.0 Å². The number of alkyl halides is 3. The molecule has 0 spiro atoms. The summed E-state index contributed by atoms with van der Waals surface area (Å²) in [6.07, 6.45) is -3.43. The molecule has 42 heavy (non-hydrogen) atoms. The number of ether oxygens (including phenoxy) is 2. The average molecular weight is 585 g/mol. The Kier molecular flexibility index (Phi) is 7.36. The first-order valence-corrected chi connectivity index (χ1v) is 13.6. The lowest BCUT2D eigenvalue weighted by Crippen LogP contribution is -2.36. The molecule has 0 bridgehead atoms. The molecule has 1 saturated heterocycles. The molecule has 8 nitrogen and oxygen atoms in total. The van der Waals surface area contributed by atoms with Gasteiger partial charge in [-0.3, -0.25) is 4.90 Å². The highest BCUT2D eigenvalue weighted by molar-refractivity contribution is 5.92. The molecular weight excluding hydrogens is 556 g/mol. The Morgan fingerprint density at radius 3 is 2.57 bits per heavy atom. The summed E-state index contributed by atoms with van der Waals surface area (Å²) in [5, 5.41) is 9.51. The number of fused-ring (bicyclic) bond motifs is 2. The number of carbonyl (C=O) groups is 1. The largest absolute Gasteiger partial charge is 0.478 e. The van der Waals surface area contributed by atoms with E-state index in [4.69, 9.17) is 14.5 Å². The fourth-order valence-electron chi connectivity index (χ4n) is 5.45. The molecule has 2 aliphatic heterocycles. The second-order valence-corrected chi connectivity index (χ2v) is 10.6. The van der Waals surface area contributed by atoms with Gasteiger partial charge in [-0.1, -0.05) is 12.1 Å². The summed E-state index contributed by atoms with van der Waals surface area (Å²) in [5.74, 6) is -1.30. The van der Waals surface area contributed by atoms with Gasteiger partial charge in [0, 0.05) is 13.2 Å². The molecule has 0 radical (unpaired) electrons. The molecule has 0 saturated carbocycles. The summed E-state index contributed by atoms with van der Waals surface area (Å²) in [4.78, 5) is 22.9. The van der Waals surface area contributed by atoms with E-state index < -0.39 is 29.4 Å². The predicted octanol–water partition coefficient (Wildman–Crippen LogP) is 5.77. The molecule has 1 fully saturated rings. The van der Waals surface area contributed by atoms with Crippen LogP contribution in [0.15, 0.2) is 48.5 Å². The van der Waals surface area contributed by atoms with E-state index in [0.717, 1.165) is 12.5 Å². The first-order valence-electron chi connectivity index (χ1n) is 13.6. The van der Waals surface area contributed by atoms with E-state index in [1.165, 1.54) is 30.3 Å². The van der Waals surface area contributed by atoms with Crippen molar-refractivity contribution in [1.29, 1.82) is 0 Å². The molecule has 6 rings (SSSR count). The summed E-state index contributed by atoms with van der Waals surface area (Å²) in [5.41, 5.74) is 2.06. The maximum atomic E-state index is 14.0. The van der Waals surface area contributed by atoms with E-state index in [9.17, 15) is 27.5 Å². The van der Waals surface area contributed by atoms with Gasteiger partial charge in [0.2, 0.25) is 5.88 Å². The highest BCUT2D eigenvalue weighted by atomic mass is 19.4. The zero-order valence-corrected chi connectivity index (χ0v) is 22.7. The third-order valence-electron chi connectivity index (χ3n) is 7.90. The van der Waals surface area contributed by atoms with Crippen molar-refractivity contribution in [3.8, 4) is 5.88 Å². The number of aromatic carboxylic acids is 1. The van der Waals surface area contributed by atoms with Crippen LogP contribution in [0, 0.1) is 5.82 Å². The van der Waals surface area contributed by atoms with Crippen LogP contribution in [0.4, 0.5) is 17.6 Å². The van der Waals surface area contributed by atoms with Crippen molar-refractivity contribution in [3.63, 3.8) is 0 Å². The van der Waals surface area contributed by atoms with Crippen molar-refractivity contribution in [3.05, 3.63) is 88.1 Å². The van der Waals surface area contributed by atoms with Crippen LogP contribution in [0.3, 0.4) is 0 Å². The molecule has 4 heterocycles. The summed E-state index contributed by atoms with van der Waals surface area (Å²) in [6, 6.07) is 10.9. The second kappa shape index (κ2) is 11.0. The van der Waals surface area contributed by atoms with Gasteiger partial charge in [0.1, 0.15) is 23.8 Å². The number of pyridine rings is 1. The highest BCUT2D eigenvalue weighted by Crippen LogP contribution is 2.40. The van der Waals surface area contributed by atoms with Gasteiger partial charge < -0.3 is 19.1 Å². The second-order valence-electron chi connectivity index (χ2n) is 10.6. The molecule has 0 aliphatic carbocycles. The van der Waals surface area contributed by atoms with E-state index >= 15 is 0 Å². The van der Waals surface area contributed by atoms with E-state index in [1.54, 1.807) is 12.1 Å². The van der Waals surface area contributed by atoms with Gasteiger partial charge in [-0.05, 0) is 67.3 Å². The molecule has 4 aromatic rings. The Labute approximate surface area is 238 Å². The van der Waals surface area contributed by atoms with Gasteiger partial charge >= 0.3 is 12.1 Å². The van der Waals surface area contributed by atoms with E-state index in [0.29, 0.717) is 66.3 Å². The van der Waals surface area contributed by atoms with Gasteiger partial charge in [0.05, 0.1) is 47.5 Å². The molecule has 12 heteroatoms. The number of halogens is 4. The number of hydrogen-bond donors (Lipinski definition) is 1. The van der Waals surface area contributed by atoms with Crippen LogP contribution >= 0.6 is 0 Å². The topological polar surface area (TPSA) is 89.7 Å². The number of aromatic nitrogens is 3. The van der Waals surface area contributed by atoms with Gasteiger partial charge in [-0.2, -0.15) is 13.2 Å². The molecule has 2 aromatic heterocycles. The number of imidazole rings is 1. The number of hydrogen-bond acceptors (Lipinski definition) is 6. The Morgan fingerprint density at radius 1 is 1.14 bits per heavy atom. The Hall–Kier alpha value is -4.03. The van der Waals surface area contributed by atoms with Crippen LogP contribution in [0.2, 0.25) is 0 Å². The quantitative estimate of drug-likeness (QED) is 0.263. The van der Waals surface area contributed by atoms with Crippen LogP contribution in [-0.2, 0) is 37.0 Å². The normalized spacial score (nSPS) is 19.0. The minimum atomic E-state index is -4.66. The minimum Gasteiger partial charge on any atom is -0.478 e. The first kappa shape index (κ1) is 28.1.